The summed E-state index contributed by atoms with van der Waals surface area (Å²) in [6.45, 7) is 3.61. The Labute approximate surface area is 119 Å². The second-order valence-corrected chi connectivity index (χ2v) is 4.68. The van der Waals surface area contributed by atoms with Crippen molar-refractivity contribution in [2.45, 2.75) is 13.8 Å². The molecule has 2 N–H and O–H groups in total. The molecule has 0 amide bonds. The number of anilines is 1. The van der Waals surface area contributed by atoms with Crippen LogP contribution in [0.15, 0.2) is 24.5 Å². The van der Waals surface area contributed by atoms with E-state index in [9.17, 15) is 10.1 Å². The van der Waals surface area contributed by atoms with Crippen molar-refractivity contribution in [1.29, 1.82) is 0 Å². The number of hydrogen-bond acceptors (Lipinski definition) is 6. The maximum Gasteiger partial charge on any atom is 0.269 e. The van der Waals surface area contributed by atoms with Crippen LogP contribution in [0.25, 0.3) is 16.7 Å². The summed E-state index contributed by atoms with van der Waals surface area (Å²) >= 11 is 0. The first-order valence-electron chi connectivity index (χ1n) is 6.20. The smallest absolute Gasteiger partial charge is 0.269 e. The van der Waals surface area contributed by atoms with Crippen LogP contribution in [-0.2, 0) is 0 Å². The fourth-order valence-corrected chi connectivity index (χ4v) is 2.28. The minimum absolute atomic E-state index is 0.0358. The fraction of sp³-hybridized carbons (Fsp3) is 0.154. The number of nitro benzene ring substituents is 1. The van der Waals surface area contributed by atoms with Crippen LogP contribution in [-0.4, -0.2) is 24.7 Å². The van der Waals surface area contributed by atoms with E-state index in [1.54, 1.807) is 17.7 Å². The molecule has 3 aromatic rings. The van der Waals surface area contributed by atoms with Crippen molar-refractivity contribution in [3.05, 3.63) is 45.9 Å². The molecule has 106 valence electrons. The van der Waals surface area contributed by atoms with Crippen LogP contribution in [0.4, 0.5) is 11.5 Å². The van der Waals surface area contributed by atoms with E-state index in [-0.39, 0.29) is 5.69 Å². The lowest BCUT2D eigenvalue weighted by Gasteiger charge is -2.07. The Balaban J connectivity index is 2.29. The molecule has 0 spiro atoms. The average Bonchev–Trinajstić information content (AvgIpc) is 2.77. The first kappa shape index (κ1) is 13.0. The Bertz CT molecular complexity index is 870. The average molecular weight is 284 g/mol. The number of aromatic nitrogens is 4. The minimum Gasteiger partial charge on any atom is -0.382 e. The van der Waals surface area contributed by atoms with E-state index in [4.69, 9.17) is 5.73 Å². The lowest BCUT2D eigenvalue weighted by Crippen LogP contribution is -2.03. The van der Waals surface area contributed by atoms with Crippen LogP contribution in [0.5, 0.6) is 0 Å². The molecule has 2 aromatic heterocycles. The molecule has 0 saturated carbocycles. The number of aryl methyl sites for hydroxylation is 2. The molecule has 0 unspecified atom stereocenters. The summed E-state index contributed by atoms with van der Waals surface area (Å²) in [7, 11) is 0. The SMILES string of the molecule is Cc1cc([N+](=O)[O-])ccc1-n1nc(C)c2ncnc(N)c21. The van der Waals surface area contributed by atoms with Gasteiger partial charge in [-0.15, -0.1) is 0 Å². The molecule has 0 fully saturated rings. The summed E-state index contributed by atoms with van der Waals surface area (Å²) in [5, 5.41) is 15.2. The summed E-state index contributed by atoms with van der Waals surface area (Å²) in [6, 6.07) is 4.58. The van der Waals surface area contributed by atoms with Crippen molar-refractivity contribution >= 4 is 22.5 Å². The van der Waals surface area contributed by atoms with Crippen LogP contribution >= 0.6 is 0 Å². The number of non-ortho nitro benzene ring substituents is 1. The van der Waals surface area contributed by atoms with Gasteiger partial charge in [0.15, 0.2) is 5.82 Å². The van der Waals surface area contributed by atoms with Gasteiger partial charge in [-0.2, -0.15) is 5.10 Å². The number of nitrogens with zero attached hydrogens (tertiary/aromatic N) is 5. The molecular weight excluding hydrogens is 272 g/mol. The summed E-state index contributed by atoms with van der Waals surface area (Å²) < 4.78 is 1.62. The molecule has 1 aromatic carbocycles. The molecule has 0 saturated heterocycles. The third kappa shape index (κ3) is 1.97. The van der Waals surface area contributed by atoms with Crippen molar-refractivity contribution in [2.75, 3.05) is 5.73 Å². The highest BCUT2D eigenvalue weighted by atomic mass is 16.6. The molecular formula is C13H12N6O2. The first-order chi connectivity index (χ1) is 9.99. The largest absolute Gasteiger partial charge is 0.382 e. The monoisotopic (exact) mass is 284 g/mol. The Morgan fingerprint density at radius 1 is 1.29 bits per heavy atom. The zero-order valence-corrected chi connectivity index (χ0v) is 11.4. The number of nitrogen functional groups attached to an aromatic ring is 1. The molecule has 8 heteroatoms. The Morgan fingerprint density at radius 3 is 2.71 bits per heavy atom. The number of nitrogens with two attached hydrogens (primary N) is 1. The molecule has 2 heterocycles. The number of hydrogen-bond donors (Lipinski definition) is 1. The maximum atomic E-state index is 10.8. The lowest BCUT2D eigenvalue weighted by molar-refractivity contribution is -0.384. The fourth-order valence-electron chi connectivity index (χ4n) is 2.28. The maximum absolute atomic E-state index is 10.8. The molecule has 0 aliphatic rings. The summed E-state index contributed by atoms with van der Waals surface area (Å²) in [6.07, 6.45) is 1.39. The van der Waals surface area contributed by atoms with Crippen molar-refractivity contribution < 1.29 is 4.92 Å². The van der Waals surface area contributed by atoms with Gasteiger partial charge in [-0.25, -0.2) is 14.6 Å². The molecule has 8 nitrogen and oxygen atoms in total. The molecule has 21 heavy (non-hydrogen) atoms. The Morgan fingerprint density at radius 2 is 2.05 bits per heavy atom. The lowest BCUT2D eigenvalue weighted by atomic mass is 10.2. The second-order valence-electron chi connectivity index (χ2n) is 4.68. The normalized spacial score (nSPS) is 11.0. The highest BCUT2D eigenvalue weighted by molar-refractivity contribution is 5.87. The van der Waals surface area contributed by atoms with Gasteiger partial charge >= 0.3 is 0 Å². The van der Waals surface area contributed by atoms with Gasteiger partial charge in [0, 0.05) is 12.1 Å². The van der Waals surface area contributed by atoms with Crippen LogP contribution in [0.2, 0.25) is 0 Å². The van der Waals surface area contributed by atoms with Gasteiger partial charge in [0.25, 0.3) is 5.69 Å². The first-order valence-corrected chi connectivity index (χ1v) is 6.20. The predicted molar refractivity (Wildman–Crippen MR) is 77.2 cm³/mol. The molecule has 0 aliphatic heterocycles. The van der Waals surface area contributed by atoms with E-state index >= 15 is 0 Å². The molecule has 0 aliphatic carbocycles. The molecule has 0 bridgehead atoms. The van der Waals surface area contributed by atoms with Gasteiger partial charge in [0.05, 0.1) is 16.3 Å². The minimum atomic E-state index is -0.430. The van der Waals surface area contributed by atoms with E-state index < -0.39 is 4.92 Å². The third-order valence-electron chi connectivity index (χ3n) is 3.27. The molecule has 0 atom stereocenters. The molecule has 3 rings (SSSR count). The Hall–Kier alpha value is -3.03. The number of fused-ring (bicyclic) bond motifs is 1. The highest BCUT2D eigenvalue weighted by Crippen LogP contribution is 2.26. The van der Waals surface area contributed by atoms with E-state index in [2.05, 4.69) is 15.1 Å². The quantitative estimate of drug-likeness (QED) is 0.568. The van der Waals surface area contributed by atoms with Gasteiger partial charge in [0.2, 0.25) is 0 Å². The van der Waals surface area contributed by atoms with Gasteiger partial charge in [-0.3, -0.25) is 10.1 Å². The van der Waals surface area contributed by atoms with E-state index in [1.165, 1.54) is 18.5 Å². The highest BCUT2D eigenvalue weighted by Gasteiger charge is 2.16. The van der Waals surface area contributed by atoms with E-state index in [0.717, 1.165) is 11.3 Å². The van der Waals surface area contributed by atoms with Crippen molar-refractivity contribution in [2.24, 2.45) is 0 Å². The van der Waals surface area contributed by atoms with E-state index in [1.807, 2.05) is 6.92 Å². The van der Waals surface area contributed by atoms with E-state index in [0.29, 0.717) is 22.5 Å². The number of rotatable bonds is 2. The second kappa shape index (κ2) is 4.51. The van der Waals surface area contributed by atoms with Gasteiger partial charge in [0.1, 0.15) is 17.4 Å². The summed E-state index contributed by atoms with van der Waals surface area (Å²) in [5.41, 5.74) is 9.37. The summed E-state index contributed by atoms with van der Waals surface area (Å²) in [5.74, 6) is 0.318. The zero-order chi connectivity index (χ0) is 15.1. The van der Waals surface area contributed by atoms with Crippen molar-refractivity contribution in [3.8, 4) is 5.69 Å². The van der Waals surface area contributed by atoms with Crippen LogP contribution in [0, 0.1) is 24.0 Å². The van der Waals surface area contributed by atoms with Crippen LogP contribution < -0.4 is 5.73 Å². The topological polar surface area (TPSA) is 113 Å². The zero-order valence-electron chi connectivity index (χ0n) is 11.4. The van der Waals surface area contributed by atoms with Crippen LogP contribution in [0.3, 0.4) is 0 Å². The summed E-state index contributed by atoms with van der Waals surface area (Å²) in [4.78, 5) is 18.5. The van der Waals surface area contributed by atoms with Crippen molar-refractivity contribution in [3.63, 3.8) is 0 Å². The number of nitro groups is 1. The Kier molecular flexibility index (Phi) is 2.79. The van der Waals surface area contributed by atoms with Gasteiger partial charge in [-0.05, 0) is 25.5 Å². The standard InChI is InChI=1S/C13H12N6O2/c1-7-5-9(19(20)21)3-4-10(7)18-12-11(8(2)17-18)15-6-16-13(12)14/h3-6H,1-2H3,(H2,14,15,16). The van der Waals surface area contributed by atoms with Crippen LogP contribution in [0.1, 0.15) is 11.3 Å². The van der Waals surface area contributed by atoms with Gasteiger partial charge in [-0.1, -0.05) is 0 Å². The predicted octanol–water partition coefficient (Wildman–Crippen LogP) is 1.92. The van der Waals surface area contributed by atoms with Gasteiger partial charge < -0.3 is 5.73 Å². The molecule has 0 radical (unpaired) electrons. The number of benzene rings is 1. The van der Waals surface area contributed by atoms with Crippen molar-refractivity contribution in [1.82, 2.24) is 19.7 Å². The third-order valence-corrected chi connectivity index (χ3v) is 3.27.